The van der Waals surface area contributed by atoms with Gasteiger partial charge < -0.3 is 10.4 Å². The van der Waals surface area contributed by atoms with E-state index < -0.39 is 4.92 Å². The highest BCUT2D eigenvalue weighted by Crippen LogP contribution is 2.28. The average molecular weight is 252 g/mol. The molecule has 1 aromatic carbocycles. The van der Waals surface area contributed by atoms with Gasteiger partial charge in [-0.3, -0.25) is 14.9 Å². The number of hydrogen-bond donors (Lipinski definition) is 2. The highest BCUT2D eigenvalue weighted by molar-refractivity contribution is 5.94. The molecule has 0 spiro atoms. The van der Waals surface area contributed by atoms with Gasteiger partial charge in [0.15, 0.2) is 0 Å². The second-order valence-electron chi connectivity index (χ2n) is 4.14. The number of carbonyl (C=O) groups is 1. The van der Waals surface area contributed by atoms with Crippen LogP contribution in [0, 0.1) is 16.0 Å². The Kier molecular flexibility index (Phi) is 4.65. The quantitative estimate of drug-likeness (QED) is 0.478. The van der Waals surface area contributed by atoms with Crippen LogP contribution in [0.25, 0.3) is 0 Å². The van der Waals surface area contributed by atoms with Gasteiger partial charge in [0, 0.05) is 18.1 Å². The van der Waals surface area contributed by atoms with E-state index in [1.165, 1.54) is 12.1 Å². The van der Waals surface area contributed by atoms with Crippen LogP contribution >= 0.6 is 0 Å². The second kappa shape index (κ2) is 6.00. The molecule has 0 aliphatic heterocycles. The summed E-state index contributed by atoms with van der Waals surface area (Å²) in [5, 5.41) is 22.6. The lowest BCUT2D eigenvalue weighted by Crippen LogP contribution is -2.20. The van der Waals surface area contributed by atoms with E-state index in [-0.39, 0.29) is 28.9 Å². The van der Waals surface area contributed by atoms with Crippen molar-refractivity contribution in [1.82, 2.24) is 0 Å². The normalized spacial score (nSPS) is 11.9. The molecule has 0 aliphatic rings. The van der Waals surface area contributed by atoms with Gasteiger partial charge in [-0.25, -0.2) is 0 Å². The van der Waals surface area contributed by atoms with Gasteiger partial charge in [0.1, 0.15) is 5.75 Å². The molecule has 0 saturated heterocycles. The molecule has 1 atom stereocenters. The maximum absolute atomic E-state index is 11.7. The zero-order valence-electron chi connectivity index (χ0n) is 10.3. The molecule has 98 valence electrons. The maximum Gasteiger partial charge on any atom is 0.271 e. The van der Waals surface area contributed by atoms with Crippen LogP contribution in [0.5, 0.6) is 5.75 Å². The number of phenolic OH excluding ortho intramolecular Hbond substituents is 1. The first-order valence-corrected chi connectivity index (χ1v) is 5.74. The first kappa shape index (κ1) is 14.0. The fraction of sp³-hybridized carbons (Fsp3) is 0.417. The number of anilines is 1. The molecule has 0 fully saturated rings. The van der Waals surface area contributed by atoms with Crippen molar-refractivity contribution in [2.45, 2.75) is 26.7 Å². The van der Waals surface area contributed by atoms with Crippen LogP contribution < -0.4 is 5.32 Å². The number of aromatic hydroxyl groups is 1. The van der Waals surface area contributed by atoms with Crippen molar-refractivity contribution < 1.29 is 14.8 Å². The maximum atomic E-state index is 11.7. The topological polar surface area (TPSA) is 92.5 Å². The molecule has 1 rings (SSSR count). The Labute approximate surface area is 105 Å². The van der Waals surface area contributed by atoms with Gasteiger partial charge in [-0.15, -0.1) is 0 Å². The smallest absolute Gasteiger partial charge is 0.271 e. The van der Waals surface area contributed by atoms with E-state index in [9.17, 15) is 20.0 Å². The van der Waals surface area contributed by atoms with Crippen molar-refractivity contribution in [3.8, 4) is 5.75 Å². The Hall–Kier alpha value is -2.11. The molecule has 0 aromatic heterocycles. The summed E-state index contributed by atoms with van der Waals surface area (Å²) in [6.45, 7) is 3.74. The third-order valence-corrected chi connectivity index (χ3v) is 2.62. The molecule has 1 unspecified atom stereocenters. The predicted octanol–water partition coefficient (Wildman–Crippen LogP) is 2.68. The Morgan fingerprint density at radius 2 is 2.22 bits per heavy atom. The van der Waals surface area contributed by atoms with E-state index in [1.807, 2.05) is 6.92 Å². The Morgan fingerprint density at radius 3 is 2.78 bits per heavy atom. The lowest BCUT2D eigenvalue weighted by Gasteiger charge is -2.11. The molecule has 6 heteroatoms. The van der Waals surface area contributed by atoms with Crippen LogP contribution in [0.4, 0.5) is 11.4 Å². The third-order valence-electron chi connectivity index (χ3n) is 2.62. The van der Waals surface area contributed by atoms with Crippen LogP contribution in [-0.2, 0) is 4.79 Å². The van der Waals surface area contributed by atoms with Crippen molar-refractivity contribution in [3.63, 3.8) is 0 Å². The van der Waals surface area contributed by atoms with E-state index in [0.717, 1.165) is 18.9 Å². The van der Waals surface area contributed by atoms with Crippen molar-refractivity contribution in [1.29, 1.82) is 0 Å². The van der Waals surface area contributed by atoms with E-state index in [4.69, 9.17) is 0 Å². The zero-order chi connectivity index (χ0) is 13.7. The van der Waals surface area contributed by atoms with Gasteiger partial charge in [0.25, 0.3) is 5.69 Å². The van der Waals surface area contributed by atoms with Gasteiger partial charge in [-0.2, -0.15) is 0 Å². The van der Waals surface area contributed by atoms with Crippen LogP contribution in [0.15, 0.2) is 18.2 Å². The highest BCUT2D eigenvalue weighted by Gasteiger charge is 2.16. The van der Waals surface area contributed by atoms with Crippen LogP contribution in [0.3, 0.4) is 0 Å². The number of non-ortho nitro benzene ring substituents is 1. The van der Waals surface area contributed by atoms with Gasteiger partial charge in [-0.1, -0.05) is 20.3 Å². The summed E-state index contributed by atoms with van der Waals surface area (Å²) in [6, 6.07) is 3.52. The number of nitrogens with one attached hydrogen (secondary N) is 1. The van der Waals surface area contributed by atoms with E-state index >= 15 is 0 Å². The average Bonchev–Trinajstić information content (AvgIpc) is 2.31. The second-order valence-corrected chi connectivity index (χ2v) is 4.14. The molecule has 0 heterocycles. The Morgan fingerprint density at radius 1 is 1.56 bits per heavy atom. The lowest BCUT2D eigenvalue weighted by atomic mass is 10.1. The SMILES string of the molecule is CCCC(C)C(=O)Nc1cc([N+](=O)[O-])ccc1O. The summed E-state index contributed by atoms with van der Waals surface area (Å²) in [4.78, 5) is 21.8. The molecule has 0 aliphatic carbocycles. The van der Waals surface area contributed by atoms with Gasteiger partial charge in [0.05, 0.1) is 10.6 Å². The fourth-order valence-corrected chi connectivity index (χ4v) is 1.56. The van der Waals surface area contributed by atoms with Crippen molar-refractivity contribution in [2.24, 2.45) is 5.92 Å². The van der Waals surface area contributed by atoms with Gasteiger partial charge >= 0.3 is 0 Å². The summed E-state index contributed by atoms with van der Waals surface area (Å²) in [5.41, 5.74) is -0.108. The largest absolute Gasteiger partial charge is 0.506 e. The summed E-state index contributed by atoms with van der Waals surface area (Å²) in [6.07, 6.45) is 1.59. The standard InChI is InChI=1S/C12H16N2O4/c1-3-4-8(2)12(16)13-10-7-9(14(17)18)5-6-11(10)15/h5-8,15H,3-4H2,1-2H3,(H,13,16). The molecule has 0 bridgehead atoms. The van der Waals surface area contributed by atoms with Crippen molar-refractivity contribution in [2.75, 3.05) is 5.32 Å². The molecule has 0 radical (unpaired) electrons. The highest BCUT2D eigenvalue weighted by atomic mass is 16.6. The summed E-state index contributed by atoms with van der Waals surface area (Å²) < 4.78 is 0. The summed E-state index contributed by atoms with van der Waals surface area (Å²) >= 11 is 0. The Balaban J connectivity index is 2.86. The van der Waals surface area contributed by atoms with Crippen LogP contribution in [0.1, 0.15) is 26.7 Å². The number of rotatable bonds is 5. The number of phenols is 1. The molecule has 6 nitrogen and oxygen atoms in total. The minimum atomic E-state index is -0.579. The van der Waals surface area contributed by atoms with E-state index in [2.05, 4.69) is 5.32 Å². The summed E-state index contributed by atoms with van der Waals surface area (Å²) in [5.74, 6) is -0.640. The Bertz CT molecular complexity index is 459. The first-order valence-electron chi connectivity index (χ1n) is 5.74. The predicted molar refractivity (Wildman–Crippen MR) is 67.5 cm³/mol. The monoisotopic (exact) mass is 252 g/mol. The van der Waals surface area contributed by atoms with Crippen molar-refractivity contribution >= 4 is 17.3 Å². The lowest BCUT2D eigenvalue weighted by molar-refractivity contribution is -0.384. The number of nitro benzene ring substituents is 1. The number of nitrogens with zero attached hydrogens (tertiary/aromatic N) is 1. The number of benzene rings is 1. The van der Waals surface area contributed by atoms with E-state index in [1.54, 1.807) is 6.92 Å². The number of carbonyl (C=O) groups excluding carboxylic acids is 1. The summed E-state index contributed by atoms with van der Waals surface area (Å²) in [7, 11) is 0. The molecular weight excluding hydrogens is 236 g/mol. The number of amides is 1. The fourth-order valence-electron chi connectivity index (χ4n) is 1.56. The van der Waals surface area contributed by atoms with Gasteiger partial charge in [0.2, 0.25) is 5.91 Å². The molecule has 18 heavy (non-hydrogen) atoms. The van der Waals surface area contributed by atoms with Crippen molar-refractivity contribution in [3.05, 3.63) is 28.3 Å². The molecular formula is C12H16N2O4. The van der Waals surface area contributed by atoms with Crippen LogP contribution in [0.2, 0.25) is 0 Å². The third kappa shape index (κ3) is 3.44. The number of nitro groups is 1. The van der Waals surface area contributed by atoms with Crippen LogP contribution in [-0.4, -0.2) is 15.9 Å². The minimum Gasteiger partial charge on any atom is -0.506 e. The number of hydrogen-bond acceptors (Lipinski definition) is 4. The molecule has 1 aromatic rings. The molecule has 2 N–H and O–H groups in total. The molecule has 1 amide bonds. The molecule has 0 saturated carbocycles. The minimum absolute atomic E-state index is 0.0668. The zero-order valence-corrected chi connectivity index (χ0v) is 10.3. The first-order chi connectivity index (χ1) is 8.45. The van der Waals surface area contributed by atoms with Gasteiger partial charge in [-0.05, 0) is 12.5 Å². The van der Waals surface area contributed by atoms with E-state index in [0.29, 0.717) is 0 Å².